The van der Waals surface area contributed by atoms with Crippen molar-refractivity contribution in [2.75, 3.05) is 13.7 Å². The zero-order valence-corrected chi connectivity index (χ0v) is 21.0. The van der Waals surface area contributed by atoms with E-state index < -0.39 is 60.8 Å². The maximum Gasteiger partial charge on any atom is 0.303 e. The first kappa shape index (κ1) is 28.8. The molecule has 0 saturated carbocycles. The van der Waals surface area contributed by atoms with Gasteiger partial charge in [-0.25, -0.2) is 4.39 Å². The highest BCUT2D eigenvalue weighted by Gasteiger charge is 2.53. The standard InChI is InChI=1S/C24H31FO11/c1-12(25)9-17-7-8-18(19(10-17)30-6)35-24-23(34-16(5)29)22(33-15(4)28)21(32-14(3)27)20(36-24)11-31-13(2)26/h7-8,10,12,20-24H,9,11H2,1-6H3/t12-,20?,21+,22+,23-,24-/m1/s1. The molecular formula is C24H31FO11. The molecule has 1 unspecified atom stereocenters. The van der Waals surface area contributed by atoms with E-state index in [1.807, 2.05) is 0 Å². The summed E-state index contributed by atoms with van der Waals surface area (Å²) < 4.78 is 51.8. The van der Waals surface area contributed by atoms with Crippen molar-refractivity contribution in [2.45, 2.75) is 77.9 Å². The van der Waals surface area contributed by atoms with Crippen molar-refractivity contribution >= 4 is 23.9 Å². The molecule has 200 valence electrons. The highest BCUT2D eigenvalue weighted by molar-refractivity contribution is 5.68. The minimum atomic E-state index is -1.41. The second-order valence-electron chi connectivity index (χ2n) is 8.16. The van der Waals surface area contributed by atoms with Gasteiger partial charge in [0, 0.05) is 34.1 Å². The number of rotatable bonds is 10. The Morgan fingerprint density at radius 1 is 0.889 bits per heavy atom. The highest BCUT2D eigenvalue weighted by atomic mass is 19.1. The lowest BCUT2D eigenvalue weighted by atomic mass is 9.98. The second kappa shape index (κ2) is 13.1. The Morgan fingerprint density at radius 2 is 1.47 bits per heavy atom. The van der Waals surface area contributed by atoms with Gasteiger partial charge in [-0.05, 0) is 24.6 Å². The molecule has 0 amide bonds. The highest BCUT2D eigenvalue weighted by Crippen LogP contribution is 2.35. The lowest BCUT2D eigenvalue weighted by molar-refractivity contribution is -0.288. The van der Waals surface area contributed by atoms with Gasteiger partial charge in [0.2, 0.25) is 12.4 Å². The molecule has 1 aromatic carbocycles. The van der Waals surface area contributed by atoms with Crippen molar-refractivity contribution < 1.29 is 56.7 Å². The van der Waals surface area contributed by atoms with E-state index in [0.717, 1.165) is 20.8 Å². The third-order valence-corrected chi connectivity index (χ3v) is 4.94. The maximum absolute atomic E-state index is 13.5. The van der Waals surface area contributed by atoms with Crippen LogP contribution in [-0.2, 0) is 49.3 Å². The van der Waals surface area contributed by atoms with Gasteiger partial charge in [0.25, 0.3) is 0 Å². The summed E-state index contributed by atoms with van der Waals surface area (Å²) in [4.78, 5) is 47.1. The van der Waals surface area contributed by atoms with Gasteiger partial charge in [0.1, 0.15) is 18.9 Å². The van der Waals surface area contributed by atoms with Crippen LogP contribution in [0.2, 0.25) is 0 Å². The zero-order valence-electron chi connectivity index (χ0n) is 21.0. The third-order valence-electron chi connectivity index (χ3n) is 4.94. The molecule has 12 heteroatoms. The molecule has 1 saturated heterocycles. The topological polar surface area (TPSA) is 133 Å². The molecule has 36 heavy (non-hydrogen) atoms. The Bertz CT molecular complexity index is 948. The number of esters is 4. The van der Waals surface area contributed by atoms with Gasteiger partial charge in [0.15, 0.2) is 23.7 Å². The number of hydrogen-bond acceptors (Lipinski definition) is 11. The van der Waals surface area contributed by atoms with Crippen LogP contribution < -0.4 is 9.47 Å². The average molecular weight is 514 g/mol. The van der Waals surface area contributed by atoms with E-state index in [9.17, 15) is 23.6 Å². The van der Waals surface area contributed by atoms with Crippen molar-refractivity contribution in [1.82, 2.24) is 0 Å². The van der Waals surface area contributed by atoms with Crippen LogP contribution in [0.5, 0.6) is 11.5 Å². The quantitative estimate of drug-likeness (QED) is 0.336. The number of alkyl halides is 1. The predicted molar refractivity (Wildman–Crippen MR) is 120 cm³/mol. The Labute approximate surface area is 208 Å². The summed E-state index contributed by atoms with van der Waals surface area (Å²) in [6.07, 6.45) is -7.56. The molecule has 0 aliphatic carbocycles. The molecule has 1 heterocycles. The first-order valence-corrected chi connectivity index (χ1v) is 11.2. The number of halogens is 1. The average Bonchev–Trinajstić information content (AvgIpc) is 2.76. The van der Waals surface area contributed by atoms with E-state index in [4.69, 9.17) is 33.2 Å². The van der Waals surface area contributed by atoms with Gasteiger partial charge in [-0.15, -0.1) is 0 Å². The summed E-state index contributed by atoms with van der Waals surface area (Å²) in [7, 11) is 1.39. The molecule has 0 spiro atoms. The van der Waals surface area contributed by atoms with Gasteiger partial charge >= 0.3 is 23.9 Å². The van der Waals surface area contributed by atoms with E-state index in [1.54, 1.807) is 12.1 Å². The fourth-order valence-corrected chi connectivity index (χ4v) is 3.67. The van der Waals surface area contributed by atoms with Crippen LogP contribution in [0.15, 0.2) is 18.2 Å². The van der Waals surface area contributed by atoms with Crippen molar-refractivity contribution in [3.63, 3.8) is 0 Å². The predicted octanol–water partition coefficient (Wildman–Crippen LogP) is 2.06. The Balaban J connectivity index is 2.49. The SMILES string of the molecule is COc1cc(C[C@@H](C)F)ccc1O[C@@H]1OC(COC(C)=O)[C@H](OC(C)=O)[C@H](OC(C)=O)[C@H]1OC(C)=O. The summed E-state index contributed by atoms with van der Waals surface area (Å²) >= 11 is 0. The van der Waals surface area contributed by atoms with E-state index in [1.165, 1.54) is 27.0 Å². The molecule has 2 rings (SSSR count). The number of benzene rings is 1. The maximum atomic E-state index is 13.5. The van der Waals surface area contributed by atoms with Crippen LogP contribution >= 0.6 is 0 Å². The molecule has 0 bridgehead atoms. The molecular weight excluding hydrogens is 483 g/mol. The fraction of sp³-hybridized carbons (Fsp3) is 0.583. The van der Waals surface area contributed by atoms with Crippen LogP contribution in [0.4, 0.5) is 4.39 Å². The molecule has 0 radical (unpaired) electrons. The molecule has 0 N–H and O–H groups in total. The normalized spacial score (nSPS) is 24.1. The van der Waals surface area contributed by atoms with E-state index in [0.29, 0.717) is 5.56 Å². The van der Waals surface area contributed by atoms with Gasteiger partial charge in [0.05, 0.1) is 7.11 Å². The summed E-state index contributed by atoms with van der Waals surface area (Å²) in [5, 5.41) is 0. The number of methoxy groups -OCH3 is 1. The lowest BCUT2D eigenvalue weighted by Crippen LogP contribution is -2.63. The zero-order chi connectivity index (χ0) is 27.0. The van der Waals surface area contributed by atoms with E-state index in [2.05, 4.69) is 0 Å². The molecule has 1 aromatic rings. The molecule has 1 aliphatic rings. The largest absolute Gasteiger partial charge is 0.493 e. The van der Waals surface area contributed by atoms with Gasteiger partial charge in [-0.2, -0.15) is 0 Å². The Morgan fingerprint density at radius 3 is 2.00 bits per heavy atom. The van der Waals surface area contributed by atoms with Crippen LogP contribution in [-0.4, -0.2) is 74.5 Å². The van der Waals surface area contributed by atoms with Crippen molar-refractivity contribution in [1.29, 1.82) is 0 Å². The van der Waals surface area contributed by atoms with Crippen LogP contribution in [0.25, 0.3) is 0 Å². The summed E-state index contributed by atoms with van der Waals surface area (Å²) in [6.45, 7) is 5.59. The van der Waals surface area contributed by atoms with Crippen molar-refractivity contribution in [3.8, 4) is 11.5 Å². The van der Waals surface area contributed by atoms with E-state index >= 15 is 0 Å². The smallest absolute Gasteiger partial charge is 0.303 e. The number of ether oxygens (including phenoxy) is 7. The number of carbonyl (C=O) groups is 4. The third kappa shape index (κ3) is 8.36. The first-order chi connectivity index (χ1) is 16.9. The Hall–Kier alpha value is -3.41. The van der Waals surface area contributed by atoms with Crippen LogP contribution in [0.1, 0.15) is 40.2 Å². The molecule has 1 fully saturated rings. The minimum Gasteiger partial charge on any atom is -0.493 e. The van der Waals surface area contributed by atoms with E-state index in [-0.39, 0.29) is 24.5 Å². The summed E-state index contributed by atoms with van der Waals surface area (Å²) in [5.41, 5.74) is 0.649. The van der Waals surface area contributed by atoms with Gasteiger partial charge in [-0.3, -0.25) is 19.2 Å². The number of carbonyl (C=O) groups excluding carboxylic acids is 4. The molecule has 11 nitrogen and oxygen atoms in total. The number of hydrogen-bond donors (Lipinski definition) is 0. The van der Waals surface area contributed by atoms with Gasteiger partial charge in [-0.1, -0.05) is 6.07 Å². The first-order valence-electron chi connectivity index (χ1n) is 11.2. The minimum absolute atomic E-state index is 0.147. The molecule has 1 aliphatic heterocycles. The van der Waals surface area contributed by atoms with Crippen molar-refractivity contribution in [3.05, 3.63) is 23.8 Å². The summed E-state index contributed by atoms with van der Waals surface area (Å²) in [5.74, 6) is -2.51. The monoisotopic (exact) mass is 514 g/mol. The lowest BCUT2D eigenvalue weighted by Gasteiger charge is -2.44. The molecule has 0 aromatic heterocycles. The Kier molecular flexibility index (Phi) is 10.5. The second-order valence-corrected chi connectivity index (χ2v) is 8.16. The summed E-state index contributed by atoms with van der Waals surface area (Å²) in [6, 6.07) is 4.72. The van der Waals surface area contributed by atoms with Crippen LogP contribution in [0.3, 0.4) is 0 Å². The molecule has 6 atom stereocenters. The van der Waals surface area contributed by atoms with Crippen LogP contribution in [0, 0.1) is 0 Å². The fourth-order valence-electron chi connectivity index (χ4n) is 3.67. The van der Waals surface area contributed by atoms with Crippen molar-refractivity contribution in [2.24, 2.45) is 0 Å². The van der Waals surface area contributed by atoms with Gasteiger partial charge < -0.3 is 33.2 Å².